The van der Waals surface area contributed by atoms with Gasteiger partial charge in [-0.3, -0.25) is 9.59 Å². The molecule has 2 aliphatic carbocycles. The fraction of sp³-hybridized carbons (Fsp3) is 0.706. The third-order valence-electron chi connectivity index (χ3n) is 5.04. The second-order valence-electron chi connectivity index (χ2n) is 6.73. The predicted octanol–water partition coefficient (Wildman–Crippen LogP) is 1.77. The molecule has 0 N–H and O–H groups in total. The van der Waals surface area contributed by atoms with Crippen LogP contribution in [-0.2, 0) is 28.6 Å². The minimum atomic E-state index is -0.410. The van der Waals surface area contributed by atoms with E-state index in [2.05, 4.69) is 6.58 Å². The zero-order valence-electron chi connectivity index (χ0n) is 13.3. The van der Waals surface area contributed by atoms with Gasteiger partial charge in [0, 0.05) is 23.8 Å². The van der Waals surface area contributed by atoms with Crippen molar-refractivity contribution < 1.29 is 28.6 Å². The molecule has 2 bridgehead atoms. The van der Waals surface area contributed by atoms with E-state index in [4.69, 9.17) is 14.2 Å². The Morgan fingerprint density at radius 2 is 2.09 bits per heavy atom. The summed E-state index contributed by atoms with van der Waals surface area (Å²) in [5.74, 6) is -0.266. The molecule has 0 spiro atoms. The molecule has 3 aliphatic rings. The summed E-state index contributed by atoms with van der Waals surface area (Å²) >= 11 is 0. The Hall–Kier alpha value is -1.85. The van der Waals surface area contributed by atoms with Crippen molar-refractivity contribution in [3.8, 4) is 0 Å². The van der Waals surface area contributed by atoms with E-state index in [1.54, 1.807) is 6.92 Å². The van der Waals surface area contributed by atoms with Gasteiger partial charge in [0.1, 0.15) is 12.2 Å². The van der Waals surface area contributed by atoms with Crippen molar-refractivity contribution >= 4 is 17.9 Å². The molecule has 1 aliphatic heterocycles. The van der Waals surface area contributed by atoms with Crippen LogP contribution in [0.5, 0.6) is 0 Å². The van der Waals surface area contributed by atoms with Crippen LogP contribution in [0.4, 0.5) is 0 Å². The van der Waals surface area contributed by atoms with Crippen molar-refractivity contribution in [2.75, 3.05) is 6.61 Å². The minimum Gasteiger partial charge on any atom is -0.462 e. The first kappa shape index (κ1) is 16.0. The monoisotopic (exact) mass is 322 g/mol. The summed E-state index contributed by atoms with van der Waals surface area (Å²) in [5, 5.41) is 0. The Kier molecular flexibility index (Phi) is 4.41. The highest BCUT2D eigenvalue weighted by Gasteiger charge is 2.63. The highest BCUT2D eigenvalue weighted by atomic mass is 16.6. The Morgan fingerprint density at radius 1 is 1.30 bits per heavy atom. The number of carbonyl (C=O) groups is 3. The summed E-state index contributed by atoms with van der Waals surface area (Å²) in [7, 11) is 0. The summed E-state index contributed by atoms with van der Waals surface area (Å²) in [6, 6.07) is 0. The molecule has 3 fully saturated rings. The normalized spacial score (nSPS) is 33.4. The maximum absolute atomic E-state index is 12.0. The Morgan fingerprint density at radius 3 is 2.83 bits per heavy atom. The second-order valence-corrected chi connectivity index (χ2v) is 6.73. The second kappa shape index (κ2) is 6.34. The first-order valence-electron chi connectivity index (χ1n) is 8.20. The number of hydrogen-bond donors (Lipinski definition) is 0. The number of unbranched alkanes of at least 4 members (excludes halogenated alkanes) is 1. The molecule has 0 aromatic rings. The van der Waals surface area contributed by atoms with Crippen LogP contribution in [0.25, 0.3) is 0 Å². The molecule has 2 saturated carbocycles. The van der Waals surface area contributed by atoms with Crippen LogP contribution in [0.15, 0.2) is 12.2 Å². The van der Waals surface area contributed by atoms with Crippen LogP contribution in [0, 0.1) is 17.8 Å². The largest absolute Gasteiger partial charge is 0.462 e. The predicted molar refractivity (Wildman–Crippen MR) is 79.1 cm³/mol. The van der Waals surface area contributed by atoms with Crippen molar-refractivity contribution in [2.24, 2.45) is 17.8 Å². The number of ether oxygens (including phenoxy) is 3. The topological polar surface area (TPSA) is 78.9 Å². The number of carbonyl (C=O) groups excluding carboxylic acids is 3. The summed E-state index contributed by atoms with van der Waals surface area (Å²) in [5.41, 5.74) is 0.366. The van der Waals surface area contributed by atoms with Crippen molar-refractivity contribution in [2.45, 2.75) is 51.2 Å². The van der Waals surface area contributed by atoms with Gasteiger partial charge < -0.3 is 14.2 Å². The van der Waals surface area contributed by atoms with E-state index in [-0.39, 0.29) is 54.9 Å². The zero-order valence-corrected chi connectivity index (χ0v) is 13.3. The lowest BCUT2D eigenvalue weighted by Crippen LogP contribution is -2.36. The van der Waals surface area contributed by atoms with Crippen LogP contribution in [-0.4, -0.2) is 36.7 Å². The Balaban J connectivity index is 1.35. The average molecular weight is 322 g/mol. The Bertz CT molecular complexity index is 539. The van der Waals surface area contributed by atoms with Gasteiger partial charge in [0.2, 0.25) is 0 Å². The molecular weight excluding hydrogens is 300 g/mol. The summed E-state index contributed by atoms with van der Waals surface area (Å²) in [6.45, 7) is 5.36. The molecule has 0 amide bonds. The molecule has 5 atom stereocenters. The molecule has 3 rings (SSSR count). The van der Waals surface area contributed by atoms with E-state index in [1.165, 1.54) is 0 Å². The van der Waals surface area contributed by atoms with Crippen LogP contribution < -0.4 is 0 Å². The zero-order chi connectivity index (χ0) is 16.6. The van der Waals surface area contributed by atoms with Crippen molar-refractivity contribution in [1.29, 1.82) is 0 Å². The number of rotatable bonds is 7. The van der Waals surface area contributed by atoms with Gasteiger partial charge in [-0.15, -0.1) is 0 Å². The molecule has 126 valence electrons. The molecule has 1 heterocycles. The van der Waals surface area contributed by atoms with Crippen LogP contribution in [0.2, 0.25) is 0 Å². The fourth-order valence-corrected chi connectivity index (χ4v) is 3.93. The molecule has 1 saturated heterocycles. The van der Waals surface area contributed by atoms with Crippen LogP contribution in [0.1, 0.15) is 39.0 Å². The standard InChI is InChI=1S/C17H22O6/c1-9(2)16(19)21-6-4-3-5-13(18)22-14-10-7-11-12(8-10)17(20)23-15(11)14/h10-12,14-15H,1,3-8H2,2H3. The minimum absolute atomic E-state index is 0.0305. The lowest BCUT2D eigenvalue weighted by Gasteiger charge is -2.25. The van der Waals surface area contributed by atoms with Gasteiger partial charge >= 0.3 is 17.9 Å². The highest BCUT2D eigenvalue weighted by molar-refractivity contribution is 5.86. The lowest BCUT2D eigenvalue weighted by atomic mass is 9.88. The summed E-state index contributed by atoms with van der Waals surface area (Å²) < 4.78 is 15.9. The maximum atomic E-state index is 12.0. The first-order valence-corrected chi connectivity index (χ1v) is 8.20. The lowest BCUT2D eigenvalue weighted by molar-refractivity contribution is -0.161. The van der Waals surface area contributed by atoms with Gasteiger partial charge in [-0.1, -0.05) is 6.58 Å². The molecule has 6 nitrogen and oxygen atoms in total. The molecule has 0 radical (unpaired) electrons. The quantitative estimate of drug-likeness (QED) is 0.308. The van der Waals surface area contributed by atoms with E-state index in [9.17, 15) is 14.4 Å². The van der Waals surface area contributed by atoms with Gasteiger partial charge in [-0.25, -0.2) is 4.79 Å². The maximum Gasteiger partial charge on any atom is 0.333 e. The Labute approximate surface area is 135 Å². The molecule has 6 heteroatoms. The van der Waals surface area contributed by atoms with E-state index in [0.29, 0.717) is 18.4 Å². The van der Waals surface area contributed by atoms with Crippen LogP contribution in [0.3, 0.4) is 0 Å². The fourth-order valence-electron chi connectivity index (χ4n) is 3.93. The number of fused-ring (bicyclic) bond motifs is 1. The molecule has 0 aromatic carbocycles. The number of esters is 3. The average Bonchev–Trinajstić information content (AvgIpc) is 3.11. The summed E-state index contributed by atoms with van der Waals surface area (Å²) in [4.78, 5) is 34.8. The SMILES string of the molecule is C=C(C)C(=O)OCCCCC(=O)OC1C2CC3C(=O)OC1C3C2. The van der Waals surface area contributed by atoms with E-state index >= 15 is 0 Å². The number of hydrogen-bond acceptors (Lipinski definition) is 6. The summed E-state index contributed by atoms with van der Waals surface area (Å²) in [6.07, 6.45) is 2.69. The van der Waals surface area contributed by atoms with Gasteiger partial charge in [-0.2, -0.15) is 0 Å². The van der Waals surface area contributed by atoms with Crippen molar-refractivity contribution in [3.63, 3.8) is 0 Å². The van der Waals surface area contributed by atoms with Gasteiger partial charge in [0.25, 0.3) is 0 Å². The third-order valence-corrected chi connectivity index (χ3v) is 5.04. The third kappa shape index (κ3) is 3.12. The van der Waals surface area contributed by atoms with Crippen LogP contribution >= 0.6 is 0 Å². The van der Waals surface area contributed by atoms with Gasteiger partial charge in [-0.05, 0) is 32.6 Å². The van der Waals surface area contributed by atoms with Gasteiger partial charge in [0.15, 0.2) is 0 Å². The molecule has 23 heavy (non-hydrogen) atoms. The highest BCUT2D eigenvalue weighted by Crippen LogP contribution is 2.55. The molecular formula is C17H22O6. The van der Waals surface area contributed by atoms with E-state index < -0.39 is 5.97 Å². The first-order chi connectivity index (χ1) is 11.0. The van der Waals surface area contributed by atoms with E-state index in [0.717, 1.165) is 12.8 Å². The van der Waals surface area contributed by atoms with Gasteiger partial charge in [0.05, 0.1) is 12.5 Å². The molecule has 0 aromatic heterocycles. The van der Waals surface area contributed by atoms with E-state index in [1.807, 2.05) is 0 Å². The van der Waals surface area contributed by atoms with Crippen molar-refractivity contribution in [3.05, 3.63) is 12.2 Å². The van der Waals surface area contributed by atoms with Crippen molar-refractivity contribution in [1.82, 2.24) is 0 Å². The molecule has 5 unspecified atom stereocenters. The smallest absolute Gasteiger partial charge is 0.333 e.